The van der Waals surface area contributed by atoms with Crippen LogP contribution < -0.4 is 10.9 Å². The number of hydrogen-bond acceptors (Lipinski definition) is 3. The molecule has 0 spiro atoms. The van der Waals surface area contributed by atoms with Gasteiger partial charge in [0.2, 0.25) is 0 Å². The van der Waals surface area contributed by atoms with E-state index in [1.807, 2.05) is 13.8 Å². The molecular weight excluding hydrogens is 325 g/mol. The van der Waals surface area contributed by atoms with Crippen LogP contribution in [0.2, 0.25) is 0 Å². The van der Waals surface area contributed by atoms with Gasteiger partial charge in [0, 0.05) is 12.1 Å². The van der Waals surface area contributed by atoms with E-state index in [1.54, 1.807) is 24.4 Å². The van der Waals surface area contributed by atoms with Gasteiger partial charge in [-0.2, -0.15) is 5.10 Å². The van der Waals surface area contributed by atoms with Crippen molar-refractivity contribution in [2.24, 2.45) is 0 Å². The van der Waals surface area contributed by atoms with E-state index in [0.29, 0.717) is 15.7 Å². The number of rotatable bonds is 4. The molecule has 1 aromatic carbocycles. The summed E-state index contributed by atoms with van der Waals surface area (Å²) in [5.74, 6) is -0.278. The van der Waals surface area contributed by atoms with Crippen molar-refractivity contribution in [3.8, 4) is 0 Å². The lowest BCUT2D eigenvalue weighted by Gasteiger charge is -2.12. The van der Waals surface area contributed by atoms with Crippen LogP contribution in [0.5, 0.6) is 0 Å². The molecule has 0 bridgehead atoms. The first-order valence-electron chi connectivity index (χ1n) is 6.25. The highest BCUT2D eigenvalue weighted by molar-refractivity contribution is 9.10. The van der Waals surface area contributed by atoms with E-state index in [9.17, 15) is 9.18 Å². The first kappa shape index (κ1) is 14.7. The molecule has 2 aromatic rings. The zero-order valence-electron chi connectivity index (χ0n) is 11.2. The Bertz CT molecular complexity index is 670. The van der Waals surface area contributed by atoms with Gasteiger partial charge in [-0.25, -0.2) is 9.07 Å². The quantitative estimate of drug-likeness (QED) is 0.929. The summed E-state index contributed by atoms with van der Waals surface area (Å²) in [6.45, 7) is 4.05. The molecule has 6 heteroatoms. The van der Waals surface area contributed by atoms with Crippen molar-refractivity contribution < 1.29 is 4.39 Å². The first-order valence-corrected chi connectivity index (χ1v) is 7.04. The highest BCUT2D eigenvalue weighted by atomic mass is 79.9. The largest absolute Gasteiger partial charge is 0.378 e. The molecule has 20 heavy (non-hydrogen) atoms. The second-order valence-electron chi connectivity index (χ2n) is 4.66. The Hall–Kier alpha value is -1.69. The van der Waals surface area contributed by atoms with Crippen LogP contribution in [0.25, 0.3) is 0 Å². The van der Waals surface area contributed by atoms with Gasteiger partial charge < -0.3 is 5.32 Å². The molecule has 0 amide bonds. The maximum Gasteiger partial charge on any atom is 0.283 e. The molecule has 1 heterocycles. The van der Waals surface area contributed by atoms with Gasteiger partial charge in [0.1, 0.15) is 10.3 Å². The van der Waals surface area contributed by atoms with E-state index in [4.69, 9.17) is 0 Å². The van der Waals surface area contributed by atoms with Gasteiger partial charge in [-0.1, -0.05) is 18.2 Å². The Morgan fingerprint density at radius 3 is 2.75 bits per heavy atom. The fraction of sp³-hybridized carbons (Fsp3) is 0.286. The Kier molecular flexibility index (Phi) is 4.54. The number of hydrogen-bond donors (Lipinski definition) is 1. The summed E-state index contributed by atoms with van der Waals surface area (Å²) in [5, 5.41) is 7.11. The second kappa shape index (κ2) is 6.17. The zero-order chi connectivity index (χ0) is 14.7. The number of aromatic nitrogens is 2. The Morgan fingerprint density at radius 2 is 2.10 bits per heavy atom. The summed E-state index contributed by atoms with van der Waals surface area (Å²) in [4.78, 5) is 12.0. The van der Waals surface area contributed by atoms with E-state index in [1.165, 1.54) is 10.7 Å². The third-order valence-electron chi connectivity index (χ3n) is 2.86. The summed E-state index contributed by atoms with van der Waals surface area (Å²) in [6.07, 6.45) is 1.56. The number of halogens is 2. The Labute approximate surface area is 124 Å². The molecule has 0 aliphatic rings. The fourth-order valence-corrected chi connectivity index (χ4v) is 2.19. The third-order valence-corrected chi connectivity index (χ3v) is 3.63. The topological polar surface area (TPSA) is 46.9 Å². The molecule has 1 N–H and O–H groups in total. The molecule has 0 saturated carbocycles. The van der Waals surface area contributed by atoms with E-state index < -0.39 is 0 Å². The van der Waals surface area contributed by atoms with Crippen molar-refractivity contribution in [2.75, 3.05) is 5.32 Å². The minimum absolute atomic E-state index is 0.0144. The minimum atomic E-state index is -0.278. The molecule has 4 nitrogen and oxygen atoms in total. The van der Waals surface area contributed by atoms with Gasteiger partial charge in [0.15, 0.2) is 0 Å². The predicted octanol–water partition coefficient (Wildman–Crippen LogP) is 3.34. The van der Waals surface area contributed by atoms with Gasteiger partial charge in [0.05, 0.1) is 17.9 Å². The highest BCUT2D eigenvalue weighted by Crippen LogP contribution is 2.18. The lowest BCUT2D eigenvalue weighted by atomic mass is 10.2. The van der Waals surface area contributed by atoms with Crippen molar-refractivity contribution in [3.63, 3.8) is 0 Å². The van der Waals surface area contributed by atoms with Gasteiger partial charge in [0.25, 0.3) is 5.56 Å². The third kappa shape index (κ3) is 3.07. The van der Waals surface area contributed by atoms with Crippen LogP contribution >= 0.6 is 15.9 Å². The van der Waals surface area contributed by atoms with Gasteiger partial charge in [-0.3, -0.25) is 4.79 Å². The van der Waals surface area contributed by atoms with Crippen molar-refractivity contribution in [1.29, 1.82) is 0 Å². The molecule has 2 rings (SSSR count). The van der Waals surface area contributed by atoms with Crippen molar-refractivity contribution in [1.82, 2.24) is 9.78 Å². The van der Waals surface area contributed by atoms with Crippen LogP contribution in [0, 0.1) is 5.82 Å². The second-order valence-corrected chi connectivity index (χ2v) is 5.45. The maximum absolute atomic E-state index is 13.5. The summed E-state index contributed by atoms with van der Waals surface area (Å²) in [7, 11) is 0. The van der Waals surface area contributed by atoms with Crippen LogP contribution in [-0.2, 0) is 6.54 Å². The molecular formula is C14H15BrFN3O. The van der Waals surface area contributed by atoms with E-state index in [0.717, 1.165) is 0 Å². The Morgan fingerprint density at radius 1 is 1.40 bits per heavy atom. The summed E-state index contributed by atoms with van der Waals surface area (Å²) >= 11 is 3.26. The number of nitrogens with zero attached hydrogens (tertiary/aromatic N) is 2. The van der Waals surface area contributed by atoms with Gasteiger partial charge in [-0.05, 0) is 35.8 Å². The molecule has 106 valence electrons. The van der Waals surface area contributed by atoms with Gasteiger partial charge in [-0.15, -0.1) is 0 Å². The summed E-state index contributed by atoms with van der Waals surface area (Å²) in [5.41, 5.74) is 0.876. The highest BCUT2D eigenvalue weighted by Gasteiger charge is 2.11. The molecule has 0 radical (unpaired) electrons. The van der Waals surface area contributed by atoms with Crippen molar-refractivity contribution >= 4 is 21.6 Å². The van der Waals surface area contributed by atoms with Crippen LogP contribution in [0.4, 0.5) is 10.1 Å². The monoisotopic (exact) mass is 339 g/mol. The molecule has 0 unspecified atom stereocenters. The van der Waals surface area contributed by atoms with Crippen LogP contribution in [0.15, 0.2) is 39.7 Å². The standard InChI is InChI=1S/C14H15BrFN3O/c1-9(2)19-14(20)13(15)12(8-18-19)17-7-10-5-3-4-6-11(10)16/h3-6,8-9,17H,7H2,1-2H3. The minimum Gasteiger partial charge on any atom is -0.378 e. The van der Waals surface area contributed by atoms with Gasteiger partial charge >= 0.3 is 0 Å². The molecule has 0 atom stereocenters. The molecule has 0 aliphatic carbocycles. The zero-order valence-corrected chi connectivity index (χ0v) is 12.8. The summed E-state index contributed by atoms with van der Waals surface area (Å²) in [6, 6.07) is 6.49. The average molecular weight is 340 g/mol. The first-order chi connectivity index (χ1) is 9.50. The predicted molar refractivity (Wildman–Crippen MR) is 80.3 cm³/mol. The maximum atomic E-state index is 13.5. The number of nitrogens with one attached hydrogen (secondary N) is 1. The summed E-state index contributed by atoms with van der Waals surface area (Å²) < 4.78 is 15.3. The van der Waals surface area contributed by atoms with Crippen molar-refractivity contribution in [2.45, 2.75) is 26.4 Å². The van der Waals surface area contributed by atoms with Crippen LogP contribution in [0.1, 0.15) is 25.5 Å². The van der Waals surface area contributed by atoms with Crippen LogP contribution in [-0.4, -0.2) is 9.78 Å². The Balaban J connectivity index is 2.21. The number of benzene rings is 1. The number of anilines is 1. The normalized spacial score (nSPS) is 10.8. The van der Waals surface area contributed by atoms with Crippen LogP contribution in [0.3, 0.4) is 0 Å². The average Bonchev–Trinajstić information content (AvgIpc) is 2.41. The van der Waals surface area contributed by atoms with Crippen molar-refractivity contribution in [3.05, 3.63) is 56.7 Å². The van der Waals surface area contributed by atoms with E-state index >= 15 is 0 Å². The SMILES string of the molecule is CC(C)n1ncc(NCc2ccccc2F)c(Br)c1=O. The molecule has 1 aromatic heterocycles. The fourth-order valence-electron chi connectivity index (χ4n) is 1.77. The lowest BCUT2D eigenvalue weighted by Crippen LogP contribution is -2.26. The molecule has 0 fully saturated rings. The van der Waals surface area contributed by atoms with E-state index in [-0.39, 0.29) is 24.0 Å². The molecule has 0 saturated heterocycles. The van der Waals surface area contributed by atoms with E-state index in [2.05, 4.69) is 26.3 Å². The molecule has 0 aliphatic heterocycles. The lowest BCUT2D eigenvalue weighted by molar-refractivity contribution is 0.501. The smallest absolute Gasteiger partial charge is 0.283 e.